The summed E-state index contributed by atoms with van der Waals surface area (Å²) in [5.74, 6) is 0.849. The maximum Gasteiger partial charge on any atom is 0.0383 e. The molecule has 0 aromatic rings. The van der Waals surface area contributed by atoms with Gasteiger partial charge in [-0.1, -0.05) is 6.92 Å². The van der Waals surface area contributed by atoms with Crippen LogP contribution in [0.2, 0.25) is 0 Å². The summed E-state index contributed by atoms with van der Waals surface area (Å²) >= 11 is 0. The topological polar surface area (TPSA) is 15.6 Å². The average molecular weight is 154 g/mol. The molecule has 1 aliphatic carbocycles. The third kappa shape index (κ3) is 2.91. The van der Waals surface area contributed by atoms with Crippen LogP contribution in [0.25, 0.3) is 0 Å². The first-order chi connectivity index (χ1) is 5.18. The largest absolute Gasteiger partial charge is 0.303 e. The molecule has 0 aromatic carbocycles. The Kier molecular flexibility index (Phi) is 2.92. The molecule has 64 valence electrons. The highest BCUT2D eigenvalue weighted by Crippen LogP contribution is 2.21. The molecular weight excluding hydrogens is 136 g/mol. The monoisotopic (exact) mass is 154 g/mol. The molecule has 11 heavy (non-hydrogen) atoms. The van der Waals surface area contributed by atoms with Gasteiger partial charge in [0, 0.05) is 19.8 Å². The van der Waals surface area contributed by atoms with Gasteiger partial charge in [0.1, 0.15) is 0 Å². The minimum Gasteiger partial charge on any atom is -0.303 e. The quantitative estimate of drug-likeness (QED) is 0.528. The van der Waals surface area contributed by atoms with E-state index in [4.69, 9.17) is 0 Å². The number of hydrazone groups is 1. The Morgan fingerprint density at radius 3 is 2.73 bits per heavy atom. The predicted molar refractivity (Wildman–Crippen MR) is 48.8 cm³/mol. The smallest absolute Gasteiger partial charge is 0.0383 e. The van der Waals surface area contributed by atoms with Crippen LogP contribution in [0.3, 0.4) is 0 Å². The van der Waals surface area contributed by atoms with Crippen molar-refractivity contribution in [2.75, 3.05) is 14.1 Å². The van der Waals surface area contributed by atoms with Crippen LogP contribution in [0, 0.1) is 5.92 Å². The molecule has 1 fully saturated rings. The second-order valence-corrected chi connectivity index (χ2v) is 3.71. The van der Waals surface area contributed by atoms with Crippen molar-refractivity contribution in [3.8, 4) is 0 Å². The highest BCUT2D eigenvalue weighted by Gasteiger charge is 2.13. The van der Waals surface area contributed by atoms with E-state index in [2.05, 4.69) is 12.0 Å². The van der Waals surface area contributed by atoms with Gasteiger partial charge in [-0.3, -0.25) is 0 Å². The van der Waals surface area contributed by atoms with E-state index in [0.717, 1.165) is 5.92 Å². The lowest BCUT2D eigenvalue weighted by Gasteiger charge is -2.20. The van der Waals surface area contributed by atoms with Crippen molar-refractivity contribution < 1.29 is 0 Å². The first-order valence-electron chi connectivity index (χ1n) is 4.42. The van der Waals surface area contributed by atoms with Gasteiger partial charge >= 0.3 is 0 Å². The van der Waals surface area contributed by atoms with Crippen molar-refractivity contribution in [3.05, 3.63) is 0 Å². The van der Waals surface area contributed by atoms with Crippen LogP contribution in [-0.4, -0.2) is 24.8 Å². The Morgan fingerprint density at radius 2 is 2.18 bits per heavy atom. The van der Waals surface area contributed by atoms with Gasteiger partial charge < -0.3 is 5.01 Å². The molecule has 0 aromatic heterocycles. The molecule has 0 aliphatic heterocycles. The van der Waals surface area contributed by atoms with E-state index in [1.165, 1.54) is 31.4 Å². The second-order valence-electron chi connectivity index (χ2n) is 3.71. The third-order valence-electron chi connectivity index (χ3n) is 2.09. The van der Waals surface area contributed by atoms with Gasteiger partial charge in [0.2, 0.25) is 0 Å². The van der Waals surface area contributed by atoms with Crippen LogP contribution in [0.4, 0.5) is 0 Å². The lowest BCUT2D eigenvalue weighted by atomic mass is 9.89. The zero-order valence-electron chi connectivity index (χ0n) is 7.80. The summed E-state index contributed by atoms with van der Waals surface area (Å²) in [5.41, 5.74) is 1.38. The first kappa shape index (κ1) is 8.57. The first-order valence-corrected chi connectivity index (χ1v) is 4.42. The fourth-order valence-corrected chi connectivity index (χ4v) is 1.63. The molecule has 1 atom stereocenters. The molecule has 1 unspecified atom stereocenters. The van der Waals surface area contributed by atoms with Crippen molar-refractivity contribution >= 4 is 5.71 Å². The summed E-state index contributed by atoms with van der Waals surface area (Å²) < 4.78 is 0. The Morgan fingerprint density at radius 1 is 1.45 bits per heavy atom. The fourth-order valence-electron chi connectivity index (χ4n) is 1.63. The van der Waals surface area contributed by atoms with Crippen LogP contribution < -0.4 is 0 Å². The molecule has 0 saturated heterocycles. The summed E-state index contributed by atoms with van der Waals surface area (Å²) in [6.45, 7) is 2.31. The van der Waals surface area contributed by atoms with Gasteiger partial charge in [0.15, 0.2) is 0 Å². The molecule has 0 radical (unpaired) electrons. The van der Waals surface area contributed by atoms with Gasteiger partial charge in [-0.2, -0.15) is 5.10 Å². The Hall–Kier alpha value is -0.530. The SMILES string of the molecule is CC1CCC/C(=N/N(C)C)C1. The van der Waals surface area contributed by atoms with Crippen LogP contribution in [0.1, 0.15) is 32.6 Å². The van der Waals surface area contributed by atoms with Crippen molar-refractivity contribution in [2.24, 2.45) is 11.0 Å². The van der Waals surface area contributed by atoms with Gasteiger partial charge in [-0.25, -0.2) is 0 Å². The molecule has 0 N–H and O–H groups in total. The van der Waals surface area contributed by atoms with E-state index in [9.17, 15) is 0 Å². The van der Waals surface area contributed by atoms with Crippen LogP contribution >= 0.6 is 0 Å². The van der Waals surface area contributed by atoms with Crippen molar-refractivity contribution in [1.29, 1.82) is 0 Å². The van der Waals surface area contributed by atoms with E-state index in [-0.39, 0.29) is 0 Å². The molecule has 1 aliphatic rings. The maximum atomic E-state index is 4.44. The van der Waals surface area contributed by atoms with E-state index in [0.29, 0.717) is 0 Å². The molecule has 1 rings (SSSR count). The number of rotatable bonds is 1. The van der Waals surface area contributed by atoms with Crippen LogP contribution in [0.15, 0.2) is 5.10 Å². The van der Waals surface area contributed by atoms with Crippen LogP contribution in [0.5, 0.6) is 0 Å². The van der Waals surface area contributed by atoms with E-state index in [1.807, 2.05) is 19.1 Å². The molecule has 0 heterocycles. The third-order valence-corrected chi connectivity index (χ3v) is 2.09. The highest BCUT2D eigenvalue weighted by atomic mass is 15.4. The Bertz CT molecular complexity index is 150. The summed E-state index contributed by atoms with van der Waals surface area (Å²) in [6.07, 6.45) is 5.13. The number of hydrogen-bond donors (Lipinski definition) is 0. The standard InChI is InChI=1S/C9H18N2/c1-8-5-4-6-9(7-8)10-11(2)3/h8H,4-7H2,1-3H3/b10-9-. The zero-order valence-corrected chi connectivity index (χ0v) is 7.80. The van der Waals surface area contributed by atoms with Crippen molar-refractivity contribution in [1.82, 2.24) is 5.01 Å². The van der Waals surface area contributed by atoms with E-state index >= 15 is 0 Å². The number of hydrogen-bond acceptors (Lipinski definition) is 2. The van der Waals surface area contributed by atoms with Crippen molar-refractivity contribution in [3.63, 3.8) is 0 Å². The minimum atomic E-state index is 0.849. The Labute approximate surface area is 69.3 Å². The second kappa shape index (κ2) is 3.74. The van der Waals surface area contributed by atoms with E-state index in [1.54, 1.807) is 0 Å². The molecule has 0 bridgehead atoms. The Balaban J connectivity index is 2.45. The molecular formula is C9H18N2. The lowest BCUT2D eigenvalue weighted by molar-refractivity contribution is 0.420. The van der Waals surface area contributed by atoms with Crippen molar-refractivity contribution in [2.45, 2.75) is 32.6 Å². The predicted octanol–water partition coefficient (Wildman–Crippen LogP) is 2.11. The summed E-state index contributed by atoms with van der Waals surface area (Å²) in [6, 6.07) is 0. The molecule has 2 nitrogen and oxygen atoms in total. The summed E-state index contributed by atoms with van der Waals surface area (Å²) in [4.78, 5) is 0. The van der Waals surface area contributed by atoms with Gasteiger partial charge in [-0.15, -0.1) is 0 Å². The average Bonchev–Trinajstić information content (AvgIpc) is 1.85. The minimum absolute atomic E-state index is 0.849. The zero-order chi connectivity index (χ0) is 8.27. The van der Waals surface area contributed by atoms with E-state index < -0.39 is 0 Å². The summed E-state index contributed by atoms with van der Waals surface area (Å²) in [7, 11) is 3.98. The van der Waals surface area contributed by atoms with Gasteiger partial charge in [0.25, 0.3) is 0 Å². The summed E-state index contributed by atoms with van der Waals surface area (Å²) in [5, 5.41) is 6.35. The van der Waals surface area contributed by atoms with Crippen LogP contribution in [-0.2, 0) is 0 Å². The molecule has 0 spiro atoms. The molecule has 2 heteroatoms. The highest BCUT2D eigenvalue weighted by molar-refractivity contribution is 5.85. The van der Waals surface area contributed by atoms with Gasteiger partial charge in [-0.05, 0) is 31.6 Å². The maximum absolute atomic E-state index is 4.44. The molecule has 0 amide bonds. The van der Waals surface area contributed by atoms with Gasteiger partial charge in [0.05, 0.1) is 0 Å². The normalized spacial score (nSPS) is 29.0. The fraction of sp³-hybridized carbons (Fsp3) is 0.889. The number of nitrogens with zero attached hydrogens (tertiary/aromatic N) is 2. The lowest BCUT2D eigenvalue weighted by Crippen LogP contribution is -2.16. The molecule has 1 saturated carbocycles.